The maximum atomic E-state index is 13.0. The van der Waals surface area contributed by atoms with Crippen molar-refractivity contribution in [3.05, 3.63) is 75.3 Å². The van der Waals surface area contributed by atoms with E-state index in [9.17, 15) is 4.79 Å². The van der Waals surface area contributed by atoms with Crippen LogP contribution in [0.15, 0.2) is 53.3 Å². The molecular formula is C21H26ClN3O. The van der Waals surface area contributed by atoms with Crippen molar-refractivity contribution >= 4 is 22.5 Å². The molecule has 0 spiro atoms. The van der Waals surface area contributed by atoms with Crippen LogP contribution in [0.3, 0.4) is 0 Å². The van der Waals surface area contributed by atoms with Crippen LogP contribution in [0.25, 0.3) is 10.9 Å². The number of fused-ring (bicyclic) bond motifs is 1. The predicted molar refractivity (Wildman–Crippen MR) is 110 cm³/mol. The van der Waals surface area contributed by atoms with Gasteiger partial charge in [-0.05, 0) is 29.7 Å². The Morgan fingerprint density at radius 2 is 1.77 bits per heavy atom. The molecule has 0 saturated heterocycles. The quantitative estimate of drug-likeness (QED) is 0.717. The second-order valence-electron chi connectivity index (χ2n) is 6.28. The lowest BCUT2D eigenvalue weighted by Gasteiger charge is -2.21. The predicted octanol–water partition coefficient (Wildman–Crippen LogP) is 4.78. The molecule has 3 rings (SSSR count). The van der Waals surface area contributed by atoms with E-state index in [0.717, 1.165) is 5.56 Å². The molecule has 0 radical (unpaired) electrons. The summed E-state index contributed by atoms with van der Waals surface area (Å²) in [4.78, 5) is 17.7. The molecule has 138 valence electrons. The number of nitrogens with zero attached hydrogens (tertiary/aromatic N) is 2. The average molecular weight is 372 g/mol. The van der Waals surface area contributed by atoms with Gasteiger partial charge in [0.25, 0.3) is 5.56 Å². The van der Waals surface area contributed by atoms with Gasteiger partial charge in [0.1, 0.15) is 5.82 Å². The van der Waals surface area contributed by atoms with Crippen LogP contribution in [0.2, 0.25) is 5.02 Å². The van der Waals surface area contributed by atoms with E-state index in [-0.39, 0.29) is 17.5 Å². The van der Waals surface area contributed by atoms with E-state index < -0.39 is 0 Å². The van der Waals surface area contributed by atoms with Crippen LogP contribution in [0.5, 0.6) is 0 Å². The van der Waals surface area contributed by atoms with Gasteiger partial charge in [0.05, 0.1) is 23.5 Å². The lowest BCUT2D eigenvalue weighted by atomic mass is 10.0. The summed E-state index contributed by atoms with van der Waals surface area (Å²) < 4.78 is 1.68. The summed E-state index contributed by atoms with van der Waals surface area (Å²) >= 11 is 6.05. The lowest BCUT2D eigenvalue weighted by Crippen LogP contribution is -2.32. The topological polar surface area (TPSA) is 60.9 Å². The van der Waals surface area contributed by atoms with Gasteiger partial charge in [-0.25, -0.2) is 4.98 Å². The van der Waals surface area contributed by atoms with E-state index in [0.29, 0.717) is 28.3 Å². The minimum absolute atomic E-state index is 0.0911. The summed E-state index contributed by atoms with van der Waals surface area (Å²) in [6, 6.07) is 14.7. The normalized spacial score (nSPS) is 12.0. The highest BCUT2D eigenvalue weighted by Gasteiger charge is 2.20. The largest absolute Gasteiger partial charge is 0.321 e. The molecule has 0 saturated carbocycles. The van der Waals surface area contributed by atoms with E-state index in [1.54, 1.807) is 22.8 Å². The number of halogens is 1. The Morgan fingerprint density at radius 1 is 1.12 bits per heavy atom. The van der Waals surface area contributed by atoms with Gasteiger partial charge < -0.3 is 5.73 Å². The van der Waals surface area contributed by atoms with Gasteiger partial charge in [0, 0.05) is 5.02 Å². The highest BCUT2D eigenvalue weighted by Crippen LogP contribution is 2.21. The zero-order chi connectivity index (χ0) is 19.3. The third-order valence-electron chi connectivity index (χ3n) is 4.15. The van der Waals surface area contributed by atoms with Crippen LogP contribution in [0, 0.1) is 5.92 Å². The molecule has 1 aromatic heterocycles. The van der Waals surface area contributed by atoms with Crippen LogP contribution in [0.1, 0.15) is 45.1 Å². The summed E-state index contributed by atoms with van der Waals surface area (Å²) in [5.74, 6) is 0.754. The maximum Gasteiger partial charge on any atom is 0.261 e. The Balaban J connectivity index is 0.00000117. The van der Waals surface area contributed by atoms with E-state index in [4.69, 9.17) is 17.3 Å². The Bertz CT molecular complexity index is 920. The van der Waals surface area contributed by atoms with Crippen molar-refractivity contribution in [2.75, 3.05) is 0 Å². The number of rotatable bonds is 4. The van der Waals surface area contributed by atoms with E-state index in [2.05, 4.69) is 4.98 Å². The molecule has 4 nitrogen and oxygen atoms in total. The van der Waals surface area contributed by atoms with Crippen molar-refractivity contribution in [2.45, 2.75) is 40.3 Å². The Kier molecular flexibility index (Phi) is 6.95. The van der Waals surface area contributed by atoms with Gasteiger partial charge in [-0.2, -0.15) is 0 Å². The average Bonchev–Trinajstić information content (AvgIpc) is 2.65. The SMILES string of the molecule is CC.CC(C)C(N)c1nc2cc(Cl)ccc2c(=O)n1Cc1ccccc1. The summed E-state index contributed by atoms with van der Waals surface area (Å²) in [7, 11) is 0. The molecule has 1 unspecified atom stereocenters. The van der Waals surface area contributed by atoms with Gasteiger partial charge >= 0.3 is 0 Å². The first-order valence-corrected chi connectivity index (χ1v) is 9.34. The number of nitrogens with two attached hydrogens (primary N) is 1. The Labute approximate surface area is 159 Å². The first kappa shape index (κ1) is 20.1. The Morgan fingerprint density at radius 3 is 2.38 bits per heavy atom. The minimum Gasteiger partial charge on any atom is -0.321 e. The molecule has 1 heterocycles. The van der Waals surface area contributed by atoms with Crippen molar-refractivity contribution in [3.63, 3.8) is 0 Å². The smallest absolute Gasteiger partial charge is 0.261 e. The Hall–Kier alpha value is -2.17. The lowest BCUT2D eigenvalue weighted by molar-refractivity contribution is 0.463. The summed E-state index contributed by atoms with van der Waals surface area (Å²) in [6.07, 6.45) is 0. The summed E-state index contributed by atoms with van der Waals surface area (Å²) in [5, 5.41) is 1.11. The highest BCUT2D eigenvalue weighted by molar-refractivity contribution is 6.31. The van der Waals surface area contributed by atoms with Crippen LogP contribution < -0.4 is 11.3 Å². The monoisotopic (exact) mass is 371 g/mol. The van der Waals surface area contributed by atoms with E-state index in [1.807, 2.05) is 58.0 Å². The van der Waals surface area contributed by atoms with Crippen LogP contribution in [-0.2, 0) is 6.54 Å². The van der Waals surface area contributed by atoms with Gasteiger partial charge in [0.15, 0.2) is 0 Å². The van der Waals surface area contributed by atoms with Crippen LogP contribution >= 0.6 is 11.6 Å². The fourth-order valence-electron chi connectivity index (χ4n) is 2.68. The second kappa shape index (κ2) is 8.97. The van der Waals surface area contributed by atoms with Crippen molar-refractivity contribution in [1.82, 2.24) is 9.55 Å². The molecule has 0 aliphatic rings. The van der Waals surface area contributed by atoms with Crippen molar-refractivity contribution in [1.29, 1.82) is 0 Å². The summed E-state index contributed by atoms with van der Waals surface area (Å²) in [5.41, 5.74) is 7.86. The number of hydrogen-bond donors (Lipinski definition) is 1. The van der Waals surface area contributed by atoms with E-state index in [1.165, 1.54) is 0 Å². The molecule has 0 bridgehead atoms. The number of benzene rings is 2. The molecule has 2 N–H and O–H groups in total. The molecule has 0 aliphatic heterocycles. The van der Waals surface area contributed by atoms with Crippen molar-refractivity contribution < 1.29 is 0 Å². The number of aromatic nitrogens is 2. The van der Waals surface area contributed by atoms with Crippen LogP contribution in [-0.4, -0.2) is 9.55 Å². The zero-order valence-electron chi connectivity index (χ0n) is 15.7. The van der Waals surface area contributed by atoms with Crippen molar-refractivity contribution in [3.8, 4) is 0 Å². The molecule has 0 fully saturated rings. The molecule has 26 heavy (non-hydrogen) atoms. The van der Waals surface area contributed by atoms with Crippen LogP contribution in [0.4, 0.5) is 0 Å². The highest BCUT2D eigenvalue weighted by atomic mass is 35.5. The van der Waals surface area contributed by atoms with Gasteiger partial charge in [-0.3, -0.25) is 9.36 Å². The van der Waals surface area contributed by atoms with Gasteiger partial charge in [-0.15, -0.1) is 0 Å². The minimum atomic E-state index is -0.329. The first-order chi connectivity index (χ1) is 12.5. The molecule has 5 heteroatoms. The molecule has 3 aromatic rings. The summed E-state index contributed by atoms with van der Waals surface area (Å²) in [6.45, 7) is 8.48. The second-order valence-corrected chi connectivity index (χ2v) is 6.71. The fourth-order valence-corrected chi connectivity index (χ4v) is 2.85. The number of hydrogen-bond acceptors (Lipinski definition) is 3. The standard InChI is InChI=1S/C19H20ClN3O.C2H6/c1-12(2)17(21)18-22-16-10-14(20)8-9-15(16)19(24)23(18)11-13-6-4-3-5-7-13;1-2/h3-10,12,17H,11,21H2,1-2H3;1-2H3. The maximum absolute atomic E-state index is 13.0. The van der Waals surface area contributed by atoms with Gasteiger partial charge in [-0.1, -0.05) is 69.6 Å². The molecule has 2 aromatic carbocycles. The third kappa shape index (κ3) is 4.32. The fraction of sp³-hybridized carbons (Fsp3) is 0.333. The third-order valence-corrected chi connectivity index (χ3v) is 4.38. The molecule has 0 amide bonds. The molecular weight excluding hydrogens is 346 g/mol. The van der Waals surface area contributed by atoms with Gasteiger partial charge in [0.2, 0.25) is 0 Å². The first-order valence-electron chi connectivity index (χ1n) is 8.97. The zero-order valence-corrected chi connectivity index (χ0v) is 16.5. The molecule has 1 atom stereocenters. The van der Waals surface area contributed by atoms with E-state index >= 15 is 0 Å². The molecule has 0 aliphatic carbocycles. The van der Waals surface area contributed by atoms with Crippen molar-refractivity contribution in [2.24, 2.45) is 11.7 Å².